The number of rotatable bonds is 1. The Labute approximate surface area is 88.9 Å². The lowest BCUT2D eigenvalue weighted by Crippen LogP contribution is -1.95. The minimum absolute atomic E-state index is 0.295. The van der Waals surface area contributed by atoms with Gasteiger partial charge in [0.1, 0.15) is 0 Å². The van der Waals surface area contributed by atoms with Gasteiger partial charge < -0.3 is 10.1 Å². The number of hydrogen-bond donors (Lipinski definition) is 2. The Kier molecular flexibility index (Phi) is 2.07. The second-order valence-electron chi connectivity index (χ2n) is 3.17. The van der Waals surface area contributed by atoms with Crippen LogP contribution in [0.5, 0.6) is 0 Å². The number of halogens is 1. The number of carbonyl (C=O) groups is 1. The molecule has 1 aromatic heterocycles. The summed E-state index contributed by atoms with van der Waals surface area (Å²) in [6.45, 7) is 1.94. The lowest BCUT2D eigenvalue weighted by atomic mass is 10.1. The molecule has 0 fully saturated rings. The van der Waals surface area contributed by atoms with Gasteiger partial charge in [0, 0.05) is 10.9 Å². The topological polar surface area (TPSA) is 53.1 Å². The third kappa shape index (κ3) is 1.32. The Bertz CT molecular complexity index is 516. The zero-order valence-electron chi connectivity index (χ0n) is 7.47. The number of aromatic carboxylic acids is 1. The molecule has 0 saturated carbocycles. The minimum Gasteiger partial charge on any atom is -0.478 e. The minimum atomic E-state index is -0.922. The van der Waals surface area contributed by atoms with Gasteiger partial charge in [0.25, 0.3) is 0 Å². The van der Waals surface area contributed by atoms with Gasteiger partial charge in [-0.25, -0.2) is 4.79 Å². The van der Waals surface area contributed by atoms with Crippen molar-refractivity contribution in [2.45, 2.75) is 6.92 Å². The number of aryl methyl sites for hydroxylation is 1. The molecule has 0 saturated heterocycles. The summed E-state index contributed by atoms with van der Waals surface area (Å²) in [4.78, 5) is 13.9. The number of aromatic amines is 1. The number of H-pyrrole nitrogens is 1. The van der Waals surface area contributed by atoms with Crippen LogP contribution in [-0.2, 0) is 0 Å². The molecule has 0 amide bonds. The molecule has 0 atom stereocenters. The van der Waals surface area contributed by atoms with E-state index in [4.69, 9.17) is 5.11 Å². The number of carboxylic acids is 1. The van der Waals surface area contributed by atoms with Crippen LogP contribution in [-0.4, -0.2) is 16.1 Å². The predicted octanol–water partition coefficient (Wildman–Crippen LogP) is 2.94. The predicted molar refractivity (Wildman–Crippen MR) is 57.7 cm³/mol. The number of aromatic nitrogens is 1. The Morgan fingerprint density at radius 3 is 2.86 bits per heavy atom. The molecule has 14 heavy (non-hydrogen) atoms. The van der Waals surface area contributed by atoms with E-state index in [9.17, 15) is 4.79 Å². The van der Waals surface area contributed by atoms with Crippen molar-refractivity contribution < 1.29 is 9.90 Å². The maximum atomic E-state index is 11.0. The lowest BCUT2D eigenvalue weighted by molar-refractivity contribution is 0.0698. The van der Waals surface area contributed by atoms with E-state index < -0.39 is 5.97 Å². The molecule has 72 valence electrons. The smallest absolute Gasteiger partial charge is 0.339 e. The van der Waals surface area contributed by atoms with E-state index in [2.05, 4.69) is 20.9 Å². The molecule has 3 nitrogen and oxygen atoms in total. The molecule has 0 radical (unpaired) electrons. The Hall–Kier alpha value is -1.29. The van der Waals surface area contributed by atoms with Gasteiger partial charge in [-0.05, 0) is 35.0 Å². The van der Waals surface area contributed by atoms with Gasteiger partial charge in [0.05, 0.1) is 10.2 Å². The van der Waals surface area contributed by atoms with Gasteiger partial charge in [0.2, 0.25) is 0 Å². The van der Waals surface area contributed by atoms with E-state index >= 15 is 0 Å². The van der Waals surface area contributed by atoms with E-state index in [1.807, 2.05) is 25.1 Å². The van der Waals surface area contributed by atoms with Crippen molar-refractivity contribution in [3.8, 4) is 0 Å². The molecule has 2 rings (SSSR count). The van der Waals surface area contributed by atoms with Crippen LogP contribution in [0.1, 0.15) is 15.9 Å². The molecule has 2 N–H and O–H groups in total. The van der Waals surface area contributed by atoms with Gasteiger partial charge in [-0.1, -0.05) is 11.6 Å². The molecular formula is C10H8BrNO2. The van der Waals surface area contributed by atoms with E-state index in [1.54, 1.807) is 0 Å². The monoisotopic (exact) mass is 253 g/mol. The number of benzene rings is 1. The van der Waals surface area contributed by atoms with Crippen LogP contribution < -0.4 is 0 Å². The fourth-order valence-electron chi connectivity index (χ4n) is 1.48. The molecule has 0 aliphatic heterocycles. The summed E-state index contributed by atoms with van der Waals surface area (Å²) in [7, 11) is 0. The van der Waals surface area contributed by atoms with Crippen LogP contribution in [0, 0.1) is 6.92 Å². The standard InChI is InChI=1S/C10H8BrNO2/c1-5-2-3-7-6(4-5)8(10(13)14)9(11)12-7/h2-4,12H,1H3,(H,13,14). The summed E-state index contributed by atoms with van der Waals surface area (Å²) in [5, 5.41) is 9.73. The Morgan fingerprint density at radius 1 is 1.50 bits per heavy atom. The molecule has 0 aliphatic carbocycles. The molecular weight excluding hydrogens is 246 g/mol. The first-order chi connectivity index (χ1) is 6.59. The molecule has 1 heterocycles. The van der Waals surface area contributed by atoms with E-state index in [-0.39, 0.29) is 0 Å². The maximum absolute atomic E-state index is 11.0. The maximum Gasteiger partial charge on any atom is 0.339 e. The van der Waals surface area contributed by atoms with Crippen LogP contribution >= 0.6 is 15.9 Å². The molecule has 0 bridgehead atoms. The van der Waals surface area contributed by atoms with Crippen LogP contribution in [0.25, 0.3) is 10.9 Å². The number of hydrogen-bond acceptors (Lipinski definition) is 1. The van der Waals surface area contributed by atoms with Crippen molar-refractivity contribution in [2.24, 2.45) is 0 Å². The zero-order chi connectivity index (χ0) is 10.3. The van der Waals surface area contributed by atoms with Crippen molar-refractivity contribution in [3.05, 3.63) is 33.9 Å². The Morgan fingerprint density at radius 2 is 2.21 bits per heavy atom. The highest BCUT2D eigenvalue weighted by Crippen LogP contribution is 2.27. The molecule has 1 aromatic carbocycles. The lowest BCUT2D eigenvalue weighted by Gasteiger charge is -1.94. The van der Waals surface area contributed by atoms with E-state index in [1.165, 1.54) is 0 Å². The second-order valence-corrected chi connectivity index (χ2v) is 3.96. The summed E-state index contributed by atoms with van der Waals surface area (Å²) in [6, 6.07) is 5.68. The van der Waals surface area contributed by atoms with Crippen molar-refractivity contribution in [1.29, 1.82) is 0 Å². The largest absolute Gasteiger partial charge is 0.478 e. The van der Waals surface area contributed by atoms with E-state index in [0.29, 0.717) is 10.2 Å². The fourth-order valence-corrected chi connectivity index (χ4v) is 2.08. The summed E-state index contributed by atoms with van der Waals surface area (Å²) >= 11 is 3.20. The highest BCUT2D eigenvalue weighted by atomic mass is 79.9. The highest BCUT2D eigenvalue weighted by molar-refractivity contribution is 9.10. The van der Waals surface area contributed by atoms with Crippen LogP contribution in [0.3, 0.4) is 0 Å². The average Bonchev–Trinajstić information content (AvgIpc) is 2.40. The van der Waals surface area contributed by atoms with Crippen molar-refractivity contribution >= 4 is 32.8 Å². The molecule has 0 aliphatic rings. The van der Waals surface area contributed by atoms with Gasteiger partial charge in [-0.3, -0.25) is 0 Å². The fraction of sp³-hybridized carbons (Fsp3) is 0.100. The van der Waals surface area contributed by atoms with Crippen LogP contribution in [0.2, 0.25) is 0 Å². The highest BCUT2D eigenvalue weighted by Gasteiger charge is 2.15. The molecule has 0 spiro atoms. The third-order valence-corrected chi connectivity index (χ3v) is 2.72. The summed E-state index contributed by atoms with van der Waals surface area (Å²) < 4.78 is 0.519. The van der Waals surface area contributed by atoms with Gasteiger partial charge in [-0.15, -0.1) is 0 Å². The second kappa shape index (κ2) is 3.13. The first kappa shape index (κ1) is 9.27. The number of nitrogens with one attached hydrogen (secondary N) is 1. The molecule has 0 unspecified atom stereocenters. The first-order valence-electron chi connectivity index (χ1n) is 4.10. The average molecular weight is 254 g/mol. The molecule has 4 heteroatoms. The van der Waals surface area contributed by atoms with Crippen molar-refractivity contribution in [2.75, 3.05) is 0 Å². The normalized spacial score (nSPS) is 10.7. The van der Waals surface area contributed by atoms with Gasteiger partial charge in [0.15, 0.2) is 0 Å². The summed E-state index contributed by atoms with van der Waals surface area (Å²) in [6.07, 6.45) is 0. The SMILES string of the molecule is Cc1ccc2[nH]c(Br)c(C(=O)O)c2c1. The number of carboxylic acid groups (broad SMARTS) is 1. The van der Waals surface area contributed by atoms with E-state index in [0.717, 1.165) is 16.5 Å². The number of fused-ring (bicyclic) bond motifs is 1. The third-order valence-electron chi connectivity index (χ3n) is 2.12. The van der Waals surface area contributed by atoms with Gasteiger partial charge in [-0.2, -0.15) is 0 Å². The summed E-state index contributed by atoms with van der Waals surface area (Å²) in [5.74, 6) is -0.922. The Balaban J connectivity index is 2.86. The van der Waals surface area contributed by atoms with Crippen LogP contribution in [0.4, 0.5) is 0 Å². The van der Waals surface area contributed by atoms with Crippen molar-refractivity contribution in [3.63, 3.8) is 0 Å². The quantitative estimate of drug-likeness (QED) is 0.821. The van der Waals surface area contributed by atoms with Gasteiger partial charge >= 0.3 is 5.97 Å². The zero-order valence-corrected chi connectivity index (χ0v) is 9.05. The first-order valence-corrected chi connectivity index (χ1v) is 4.90. The summed E-state index contributed by atoms with van der Waals surface area (Å²) in [5.41, 5.74) is 2.18. The van der Waals surface area contributed by atoms with Crippen molar-refractivity contribution in [1.82, 2.24) is 4.98 Å². The van der Waals surface area contributed by atoms with Crippen LogP contribution in [0.15, 0.2) is 22.8 Å². The molecule has 2 aromatic rings.